The number of aromatic nitrogens is 1. The number of rotatable bonds is 3. The molecule has 0 aliphatic carbocycles. The smallest absolute Gasteiger partial charge is 0.338 e. The van der Waals surface area contributed by atoms with E-state index in [1.165, 1.54) is 13.3 Å². The Kier molecular flexibility index (Phi) is 5.74. The second kappa shape index (κ2) is 7.56. The van der Waals surface area contributed by atoms with Gasteiger partial charge in [-0.1, -0.05) is 0 Å². The molecular formula is C15H20ClN3O3. The van der Waals surface area contributed by atoms with Crippen molar-refractivity contribution in [2.24, 2.45) is 4.99 Å². The van der Waals surface area contributed by atoms with Crippen LogP contribution < -0.4 is 0 Å². The number of hydrogen-bond donors (Lipinski definition) is 0. The average molecular weight is 326 g/mol. The van der Waals surface area contributed by atoms with Crippen LogP contribution in [-0.2, 0) is 9.47 Å². The molecule has 0 bridgehead atoms. The zero-order chi connectivity index (χ0) is 16.1. The van der Waals surface area contributed by atoms with Crippen LogP contribution in [0.25, 0.3) is 0 Å². The third-order valence-corrected chi connectivity index (χ3v) is 3.73. The van der Waals surface area contributed by atoms with Gasteiger partial charge in [0.05, 0.1) is 43.9 Å². The summed E-state index contributed by atoms with van der Waals surface area (Å²) < 4.78 is 10.2. The van der Waals surface area contributed by atoms with Gasteiger partial charge in [0.15, 0.2) is 5.82 Å². The summed E-state index contributed by atoms with van der Waals surface area (Å²) in [6.07, 6.45) is 1.53. The van der Waals surface area contributed by atoms with E-state index in [0.717, 1.165) is 5.84 Å². The van der Waals surface area contributed by atoms with Crippen LogP contribution in [0.1, 0.15) is 24.2 Å². The normalized spacial score (nSPS) is 22.5. The summed E-state index contributed by atoms with van der Waals surface area (Å²) in [7, 11) is 1.34. The van der Waals surface area contributed by atoms with Crippen molar-refractivity contribution in [3.63, 3.8) is 0 Å². The van der Waals surface area contributed by atoms with Crippen molar-refractivity contribution in [3.8, 4) is 0 Å². The van der Waals surface area contributed by atoms with Crippen LogP contribution in [0.3, 0.4) is 0 Å². The summed E-state index contributed by atoms with van der Waals surface area (Å²) in [5.74, 6) is 1.00. The third-order valence-electron chi connectivity index (χ3n) is 3.50. The minimum atomic E-state index is -0.417. The summed E-state index contributed by atoms with van der Waals surface area (Å²) >= 11 is 6.08. The minimum absolute atomic E-state index is 0.185. The molecule has 0 amide bonds. The van der Waals surface area contributed by atoms with Crippen molar-refractivity contribution >= 4 is 29.2 Å². The molecule has 0 saturated carbocycles. The van der Waals surface area contributed by atoms with Gasteiger partial charge < -0.3 is 14.4 Å². The van der Waals surface area contributed by atoms with E-state index in [1.807, 2.05) is 0 Å². The number of aliphatic imine (C=N–C) groups is 1. The second-order valence-corrected chi connectivity index (χ2v) is 5.47. The highest BCUT2D eigenvalue weighted by Crippen LogP contribution is 2.18. The molecule has 0 N–H and O–H groups in total. The molecule has 1 aromatic heterocycles. The van der Waals surface area contributed by atoms with Crippen molar-refractivity contribution in [1.82, 2.24) is 9.88 Å². The molecule has 120 valence electrons. The maximum Gasteiger partial charge on any atom is 0.338 e. The fraction of sp³-hybridized carbons (Fsp3) is 0.533. The largest absolute Gasteiger partial charge is 0.465 e. The number of carbonyl (C=O) groups excluding carboxylic acids is 1. The van der Waals surface area contributed by atoms with Crippen LogP contribution in [0.5, 0.6) is 0 Å². The van der Waals surface area contributed by atoms with Gasteiger partial charge in [0.1, 0.15) is 5.84 Å². The predicted octanol–water partition coefficient (Wildman–Crippen LogP) is 2.25. The Bertz CT molecular complexity index is 555. The molecule has 2 heterocycles. The molecule has 22 heavy (non-hydrogen) atoms. The van der Waals surface area contributed by atoms with Gasteiger partial charge in [-0.2, -0.15) is 0 Å². The number of hydrogen-bond acceptors (Lipinski definition) is 5. The molecule has 1 fully saturated rings. The molecular weight excluding hydrogens is 306 g/mol. The van der Waals surface area contributed by atoms with Gasteiger partial charge in [-0.3, -0.25) is 0 Å². The van der Waals surface area contributed by atoms with Crippen molar-refractivity contribution < 1.29 is 14.3 Å². The fourth-order valence-corrected chi connectivity index (χ4v) is 2.72. The highest BCUT2D eigenvalue weighted by molar-refractivity contribution is 6.28. The predicted molar refractivity (Wildman–Crippen MR) is 85.0 cm³/mol. The number of esters is 1. The SMILES string of the molecule is COC(=O)c1ccnc(N=C(CCl)N2[C@H](C)COC[C@@H]2C)c1. The third kappa shape index (κ3) is 3.75. The van der Waals surface area contributed by atoms with Gasteiger partial charge in [-0.05, 0) is 26.0 Å². The fourth-order valence-electron chi connectivity index (χ4n) is 2.53. The number of morpholine rings is 1. The first-order chi connectivity index (χ1) is 10.6. The molecule has 1 aliphatic heterocycles. The highest BCUT2D eigenvalue weighted by atomic mass is 35.5. The number of carbonyl (C=O) groups is 1. The minimum Gasteiger partial charge on any atom is -0.465 e. The highest BCUT2D eigenvalue weighted by Gasteiger charge is 2.27. The summed E-state index contributed by atoms with van der Waals surface area (Å²) in [5.41, 5.74) is 0.410. The summed E-state index contributed by atoms with van der Waals surface area (Å²) in [4.78, 5) is 22.4. The van der Waals surface area contributed by atoms with Crippen LogP contribution in [0.15, 0.2) is 23.3 Å². The lowest BCUT2D eigenvalue weighted by atomic mass is 10.1. The molecule has 0 aromatic carbocycles. The first kappa shape index (κ1) is 16.7. The van der Waals surface area contributed by atoms with Crippen LogP contribution in [-0.4, -0.2) is 60.0 Å². The molecule has 0 unspecified atom stereocenters. The molecule has 7 heteroatoms. The first-order valence-corrected chi connectivity index (χ1v) is 7.64. The van der Waals surface area contributed by atoms with E-state index in [0.29, 0.717) is 24.6 Å². The van der Waals surface area contributed by atoms with E-state index in [2.05, 4.69) is 28.7 Å². The first-order valence-electron chi connectivity index (χ1n) is 7.10. The van der Waals surface area contributed by atoms with Crippen LogP contribution >= 0.6 is 11.6 Å². The van der Waals surface area contributed by atoms with Gasteiger partial charge in [-0.25, -0.2) is 14.8 Å². The van der Waals surface area contributed by atoms with Gasteiger partial charge in [0.25, 0.3) is 0 Å². The van der Waals surface area contributed by atoms with Gasteiger partial charge in [0.2, 0.25) is 0 Å². The molecule has 6 nitrogen and oxygen atoms in total. The zero-order valence-electron chi connectivity index (χ0n) is 13.0. The van der Waals surface area contributed by atoms with E-state index in [1.54, 1.807) is 12.1 Å². The summed E-state index contributed by atoms with van der Waals surface area (Å²) in [5, 5.41) is 0. The number of halogens is 1. The quantitative estimate of drug-likeness (QED) is 0.369. The van der Waals surface area contributed by atoms with Crippen molar-refractivity contribution in [3.05, 3.63) is 23.9 Å². The van der Waals surface area contributed by atoms with Crippen molar-refractivity contribution in [1.29, 1.82) is 0 Å². The molecule has 2 rings (SSSR count). The molecule has 1 saturated heterocycles. The van der Waals surface area contributed by atoms with Crippen LogP contribution in [0, 0.1) is 0 Å². The second-order valence-electron chi connectivity index (χ2n) is 5.20. The molecule has 1 aromatic rings. The summed E-state index contributed by atoms with van der Waals surface area (Å²) in [6, 6.07) is 3.55. The lowest BCUT2D eigenvalue weighted by Crippen LogP contribution is -2.53. The van der Waals surface area contributed by atoms with E-state index in [-0.39, 0.29) is 18.0 Å². The molecule has 0 radical (unpaired) electrons. The molecule has 2 atom stereocenters. The Morgan fingerprint density at radius 3 is 2.77 bits per heavy atom. The van der Waals surface area contributed by atoms with E-state index < -0.39 is 5.97 Å². The lowest BCUT2D eigenvalue weighted by Gasteiger charge is -2.40. The lowest BCUT2D eigenvalue weighted by molar-refractivity contribution is -0.000795. The Labute approximate surface area is 135 Å². The molecule has 0 spiro atoms. The number of ether oxygens (including phenoxy) is 2. The Hall–Kier alpha value is -1.66. The number of pyridine rings is 1. The van der Waals surface area contributed by atoms with E-state index in [4.69, 9.17) is 21.1 Å². The van der Waals surface area contributed by atoms with E-state index in [9.17, 15) is 4.79 Å². The standard InChI is InChI=1S/C15H20ClN3O3/c1-10-8-22-9-11(2)19(10)14(7-16)18-13-6-12(4-5-17-13)15(20)21-3/h4-6,10-11H,7-9H2,1-3H3/t10-,11+. The topological polar surface area (TPSA) is 64.0 Å². The monoisotopic (exact) mass is 325 g/mol. The Balaban J connectivity index is 2.30. The zero-order valence-corrected chi connectivity index (χ0v) is 13.7. The van der Waals surface area contributed by atoms with Gasteiger partial charge >= 0.3 is 5.97 Å². The molecule has 1 aliphatic rings. The van der Waals surface area contributed by atoms with Gasteiger partial charge in [0, 0.05) is 6.20 Å². The van der Waals surface area contributed by atoms with Crippen LogP contribution in [0.2, 0.25) is 0 Å². The Morgan fingerprint density at radius 2 is 2.18 bits per heavy atom. The average Bonchev–Trinajstić information content (AvgIpc) is 2.53. The van der Waals surface area contributed by atoms with E-state index >= 15 is 0 Å². The van der Waals surface area contributed by atoms with Gasteiger partial charge in [-0.15, -0.1) is 11.6 Å². The van der Waals surface area contributed by atoms with Crippen LogP contribution in [0.4, 0.5) is 5.82 Å². The maximum atomic E-state index is 11.6. The number of nitrogens with zero attached hydrogens (tertiary/aromatic N) is 3. The maximum absolute atomic E-state index is 11.6. The Morgan fingerprint density at radius 1 is 1.50 bits per heavy atom. The number of alkyl halides is 1. The summed E-state index contributed by atoms with van der Waals surface area (Å²) in [6.45, 7) is 5.40. The van der Waals surface area contributed by atoms with Crippen molar-refractivity contribution in [2.75, 3.05) is 26.2 Å². The number of amidine groups is 1. The van der Waals surface area contributed by atoms with Crippen molar-refractivity contribution in [2.45, 2.75) is 25.9 Å². The number of methoxy groups -OCH3 is 1.